The number of aromatic nitrogens is 2. The first kappa shape index (κ1) is 20.0. The van der Waals surface area contributed by atoms with Crippen molar-refractivity contribution in [2.75, 3.05) is 0 Å². The number of benzene rings is 5. The molecule has 1 aliphatic carbocycles. The Morgan fingerprint density at radius 2 is 1.35 bits per heavy atom. The normalized spacial score (nSPS) is 17.0. The van der Waals surface area contributed by atoms with Crippen molar-refractivity contribution in [2.45, 2.75) is 5.41 Å². The molecule has 7 aromatic rings. The van der Waals surface area contributed by atoms with Crippen LogP contribution in [-0.2, 0) is 12.5 Å². The number of aryl methyl sites for hydroxylation is 1. The van der Waals surface area contributed by atoms with Gasteiger partial charge in [-0.15, -0.1) is 0 Å². The van der Waals surface area contributed by atoms with Crippen molar-refractivity contribution in [3.8, 4) is 16.8 Å². The highest BCUT2D eigenvalue weighted by Crippen LogP contribution is 2.61. The quantitative estimate of drug-likeness (QED) is 0.183. The lowest BCUT2D eigenvalue weighted by Gasteiger charge is -2.39. The first-order valence-corrected chi connectivity index (χ1v) is 13.5. The second-order valence-corrected chi connectivity index (χ2v) is 11.3. The second-order valence-electron chi connectivity index (χ2n) is 10.4. The Labute approximate surface area is 222 Å². The molecule has 0 fully saturated rings. The zero-order valence-corrected chi connectivity index (χ0v) is 21.8. The third kappa shape index (κ3) is 2.16. The molecule has 0 radical (unpaired) electrons. The van der Waals surface area contributed by atoms with Gasteiger partial charge < -0.3 is 9.13 Å². The van der Waals surface area contributed by atoms with Crippen molar-refractivity contribution < 1.29 is 0 Å². The van der Waals surface area contributed by atoms with E-state index in [1.54, 1.807) is 0 Å². The van der Waals surface area contributed by atoms with Crippen LogP contribution < -0.4 is 0 Å². The number of hydrogen-bond donors (Lipinski definition) is 0. The highest BCUT2D eigenvalue weighted by molar-refractivity contribution is 9.10. The van der Waals surface area contributed by atoms with E-state index < -0.39 is 0 Å². The van der Waals surface area contributed by atoms with Gasteiger partial charge in [-0.1, -0.05) is 88.7 Å². The zero-order valence-electron chi connectivity index (χ0n) is 20.2. The fraction of sp³-hybridized carbons (Fsp3) is 0.0588. The van der Waals surface area contributed by atoms with Crippen LogP contribution in [-0.4, -0.2) is 9.13 Å². The van der Waals surface area contributed by atoms with Crippen LogP contribution in [0.5, 0.6) is 0 Å². The average Bonchev–Trinajstić information content (AvgIpc) is 3.57. The van der Waals surface area contributed by atoms with Gasteiger partial charge in [-0.3, -0.25) is 0 Å². The van der Waals surface area contributed by atoms with Crippen LogP contribution >= 0.6 is 15.9 Å². The Morgan fingerprint density at radius 3 is 2.27 bits per heavy atom. The monoisotopic (exact) mass is 536 g/mol. The van der Waals surface area contributed by atoms with Crippen molar-refractivity contribution in [3.05, 3.63) is 136 Å². The highest BCUT2D eigenvalue weighted by Gasteiger charge is 2.50. The van der Waals surface area contributed by atoms with E-state index in [1.807, 2.05) is 0 Å². The molecule has 2 aliphatic rings. The van der Waals surface area contributed by atoms with Gasteiger partial charge in [0.05, 0.1) is 22.1 Å². The SMILES string of the molecule is Cn1ccc2c1ccc1c3cccc4c3n(c12)-c1ccccc1C41c2ccccc2-c2ccc(Br)cc21. The molecule has 0 saturated carbocycles. The molecule has 3 heteroatoms. The summed E-state index contributed by atoms with van der Waals surface area (Å²) in [7, 11) is 2.13. The molecule has 3 heterocycles. The smallest absolute Gasteiger partial charge is 0.0754 e. The summed E-state index contributed by atoms with van der Waals surface area (Å²) in [6, 6.07) is 38.6. The van der Waals surface area contributed by atoms with Gasteiger partial charge in [0.25, 0.3) is 0 Å². The van der Waals surface area contributed by atoms with Crippen LogP contribution in [0.25, 0.3) is 49.5 Å². The first-order chi connectivity index (χ1) is 18.2. The van der Waals surface area contributed by atoms with Crippen LogP contribution in [0.2, 0.25) is 0 Å². The van der Waals surface area contributed by atoms with Crippen molar-refractivity contribution in [1.29, 1.82) is 0 Å². The molecule has 37 heavy (non-hydrogen) atoms. The highest BCUT2D eigenvalue weighted by atomic mass is 79.9. The molecule has 1 spiro atoms. The van der Waals surface area contributed by atoms with Gasteiger partial charge in [-0.2, -0.15) is 0 Å². The number of rotatable bonds is 0. The lowest BCUT2D eigenvalue weighted by molar-refractivity contribution is 0.748. The topological polar surface area (TPSA) is 9.86 Å². The van der Waals surface area contributed by atoms with E-state index in [4.69, 9.17) is 0 Å². The summed E-state index contributed by atoms with van der Waals surface area (Å²) < 4.78 is 5.87. The van der Waals surface area contributed by atoms with E-state index in [0.717, 1.165) is 4.47 Å². The predicted molar refractivity (Wildman–Crippen MR) is 156 cm³/mol. The zero-order chi connectivity index (χ0) is 24.5. The van der Waals surface area contributed by atoms with E-state index in [9.17, 15) is 0 Å². The van der Waals surface area contributed by atoms with Crippen LogP contribution in [0, 0.1) is 0 Å². The van der Waals surface area contributed by atoms with Gasteiger partial charge in [-0.05, 0) is 63.7 Å². The lowest BCUT2D eigenvalue weighted by Crippen LogP contribution is -2.33. The molecular formula is C34H21BrN2. The molecule has 0 bridgehead atoms. The van der Waals surface area contributed by atoms with Crippen molar-refractivity contribution in [2.24, 2.45) is 7.05 Å². The molecule has 2 aromatic heterocycles. The summed E-state index contributed by atoms with van der Waals surface area (Å²) >= 11 is 3.82. The molecule has 0 saturated heterocycles. The van der Waals surface area contributed by atoms with E-state index in [0.29, 0.717) is 0 Å². The van der Waals surface area contributed by atoms with Gasteiger partial charge in [0.2, 0.25) is 0 Å². The van der Waals surface area contributed by atoms with E-state index in [1.165, 1.54) is 71.8 Å². The number of halogens is 1. The summed E-state index contributed by atoms with van der Waals surface area (Å²) in [6.45, 7) is 0. The predicted octanol–water partition coefficient (Wildman–Crippen LogP) is 8.71. The van der Waals surface area contributed by atoms with Gasteiger partial charge in [0.1, 0.15) is 0 Å². The average molecular weight is 537 g/mol. The van der Waals surface area contributed by atoms with Gasteiger partial charge in [-0.25, -0.2) is 0 Å². The van der Waals surface area contributed by atoms with Crippen LogP contribution in [0.3, 0.4) is 0 Å². The Kier molecular flexibility index (Phi) is 3.58. The largest absolute Gasteiger partial charge is 0.350 e. The summed E-state index contributed by atoms with van der Waals surface area (Å²) in [5, 5.41) is 3.92. The number of hydrogen-bond acceptors (Lipinski definition) is 0. The molecule has 0 amide bonds. The Balaban J connectivity index is 1.60. The summed E-state index contributed by atoms with van der Waals surface area (Å²) in [5.74, 6) is 0. The third-order valence-electron chi connectivity index (χ3n) is 8.77. The van der Waals surface area contributed by atoms with Crippen LogP contribution in [0.1, 0.15) is 22.3 Å². The Bertz CT molecular complexity index is 2130. The fourth-order valence-corrected chi connectivity index (χ4v) is 7.78. The van der Waals surface area contributed by atoms with Crippen LogP contribution in [0.15, 0.2) is 114 Å². The molecule has 5 aromatic carbocycles. The molecule has 1 aliphatic heterocycles. The third-order valence-corrected chi connectivity index (χ3v) is 9.27. The van der Waals surface area contributed by atoms with Crippen molar-refractivity contribution in [3.63, 3.8) is 0 Å². The Hall–Kier alpha value is -4.08. The summed E-state index contributed by atoms with van der Waals surface area (Å²) in [4.78, 5) is 0. The minimum atomic E-state index is -0.383. The summed E-state index contributed by atoms with van der Waals surface area (Å²) in [6.07, 6.45) is 2.17. The van der Waals surface area contributed by atoms with E-state index in [-0.39, 0.29) is 5.41 Å². The maximum Gasteiger partial charge on any atom is 0.0754 e. The van der Waals surface area contributed by atoms with Gasteiger partial charge in [0.15, 0.2) is 0 Å². The van der Waals surface area contributed by atoms with Crippen LogP contribution in [0.4, 0.5) is 0 Å². The first-order valence-electron chi connectivity index (χ1n) is 12.7. The number of para-hydroxylation sites is 2. The lowest BCUT2D eigenvalue weighted by atomic mass is 9.65. The minimum Gasteiger partial charge on any atom is -0.350 e. The number of nitrogens with zero attached hydrogens (tertiary/aromatic N) is 2. The van der Waals surface area contributed by atoms with Gasteiger partial charge >= 0.3 is 0 Å². The molecule has 0 N–H and O–H groups in total. The standard InChI is InChI=1S/C34H21BrN2/c1-36-18-17-25-30(36)16-15-24-23-8-6-11-28-33(23)37(32(24)25)31-12-5-4-10-27(31)34(28)26-9-3-2-7-21(26)22-14-13-20(35)19-29(22)34/h2-19H,1H3. The minimum absolute atomic E-state index is 0.383. The molecule has 9 rings (SSSR count). The van der Waals surface area contributed by atoms with E-state index >= 15 is 0 Å². The van der Waals surface area contributed by atoms with E-state index in [2.05, 4.69) is 141 Å². The van der Waals surface area contributed by atoms with Crippen molar-refractivity contribution in [1.82, 2.24) is 9.13 Å². The molecule has 1 atom stereocenters. The maximum absolute atomic E-state index is 3.82. The maximum atomic E-state index is 3.82. The second kappa shape index (κ2) is 6.62. The molecule has 2 nitrogen and oxygen atoms in total. The molecule has 1 unspecified atom stereocenters. The van der Waals surface area contributed by atoms with Gasteiger partial charge in [0, 0.05) is 39.4 Å². The fourth-order valence-electron chi connectivity index (χ4n) is 7.41. The van der Waals surface area contributed by atoms with Crippen molar-refractivity contribution >= 4 is 48.6 Å². The molecular weight excluding hydrogens is 516 g/mol. The summed E-state index contributed by atoms with van der Waals surface area (Å²) in [5.41, 5.74) is 12.8. The molecule has 174 valence electrons. The number of fused-ring (bicyclic) bond motifs is 14. The Morgan fingerprint density at radius 1 is 0.595 bits per heavy atom.